The van der Waals surface area contributed by atoms with Gasteiger partial charge in [-0.15, -0.1) is 0 Å². The predicted molar refractivity (Wildman–Crippen MR) is 85.2 cm³/mol. The van der Waals surface area contributed by atoms with Crippen LogP contribution in [0.4, 0.5) is 5.69 Å². The van der Waals surface area contributed by atoms with Crippen LogP contribution in [0, 0.1) is 5.41 Å². The summed E-state index contributed by atoms with van der Waals surface area (Å²) in [5, 5.41) is 11.4. The molecule has 0 saturated carbocycles. The quantitative estimate of drug-likeness (QED) is 0.505. The van der Waals surface area contributed by atoms with E-state index in [1.54, 1.807) is 0 Å². The van der Waals surface area contributed by atoms with Crippen molar-refractivity contribution in [2.24, 2.45) is 0 Å². The van der Waals surface area contributed by atoms with E-state index in [-0.39, 0.29) is 0 Å². The summed E-state index contributed by atoms with van der Waals surface area (Å²) >= 11 is 1.42. The second-order valence-corrected chi connectivity index (χ2v) is 5.30. The van der Waals surface area contributed by atoms with E-state index >= 15 is 0 Å². The average Bonchev–Trinajstić information content (AvgIpc) is 2.89. The van der Waals surface area contributed by atoms with Crippen molar-refractivity contribution < 1.29 is 0 Å². The summed E-state index contributed by atoms with van der Waals surface area (Å²) in [6.45, 7) is 0. The highest BCUT2D eigenvalue weighted by Gasteiger charge is 2.04. The molecule has 5 heteroatoms. The molecule has 1 heterocycles. The SMILES string of the molecule is N=C(Nc1ccccc1)SCc1nc2ccccc2[nH]1. The molecule has 100 valence electrons. The zero-order valence-corrected chi connectivity index (χ0v) is 11.6. The van der Waals surface area contributed by atoms with Crippen molar-refractivity contribution in [1.82, 2.24) is 9.97 Å². The van der Waals surface area contributed by atoms with Crippen LogP contribution in [0.1, 0.15) is 5.82 Å². The Morgan fingerprint density at radius 3 is 2.65 bits per heavy atom. The summed E-state index contributed by atoms with van der Waals surface area (Å²) in [7, 11) is 0. The number of hydrogen-bond donors (Lipinski definition) is 3. The monoisotopic (exact) mass is 282 g/mol. The van der Waals surface area contributed by atoms with Gasteiger partial charge in [-0.2, -0.15) is 0 Å². The molecule has 1 aromatic heterocycles. The van der Waals surface area contributed by atoms with Gasteiger partial charge in [0, 0.05) is 5.69 Å². The van der Waals surface area contributed by atoms with Crippen LogP contribution in [0.5, 0.6) is 0 Å². The number of nitrogens with zero attached hydrogens (tertiary/aromatic N) is 1. The molecule has 0 unspecified atom stereocenters. The summed E-state index contributed by atoms with van der Waals surface area (Å²) in [5.41, 5.74) is 2.92. The standard InChI is InChI=1S/C15H14N4S/c16-15(17-11-6-2-1-3-7-11)20-10-14-18-12-8-4-5-9-13(12)19-14/h1-9H,10H2,(H2,16,17)(H,18,19). The number of amidine groups is 1. The minimum atomic E-state index is 0.414. The number of rotatable bonds is 3. The summed E-state index contributed by atoms with van der Waals surface area (Å²) in [5.74, 6) is 1.53. The highest BCUT2D eigenvalue weighted by atomic mass is 32.2. The Labute approximate surface area is 121 Å². The normalized spacial score (nSPS) is 10.6. The second kappa shape index (κ2) is 5.79. The fourth-order valence-corrected chi connectivity index (χ4v) is 2.51. The van der Waals surface area contributed by atoms with Crippen LogP contribution in [0.25, 0.3) is 11.0 Å². The van der Waals surface area contributed by atoms with Gasteiger partial charge in [-0.3, -0.25) is 5.41 Å². The Kier molecular flexibility index (Phi) is 3.69. The topological polar surface area (TPSA) is 64.6 Å². The maximum absolute atomic E-state index is 7.92. The number of fused-ring (bicyclic) bond motifs is 1. The van der Waals surface area contributed by atoms with Crippen molar-refractivity contribution in [3.05, 3.63) is 60.4 Å². The number of thioether (sulfide) groups is 1. The smallest absolute Gasteiger partial charge is 0.158 e. The molecule has 0 radical (unpaired) electrons. The minimum absolute atomic E-state index is 0.414. The van der Waals surface area contributed by atoms with E-state index < -0.39 is 0 Å². The summed E-state index contributed by atoms with van der Waals surface area (Å²) in [4.78, 5) is 7.75. The first kappa shape index (κ1) is 12.7. The van der Waals surface area contributed by atoms with Crippen LogP contribution in [-0.2, 0) is 5.75 Å². The van der Waals surface area contributed by atoms with Crippen molar-refractivity contribution in [3.8, 4) is 0 Å². The van der Waals surface area contributed by atoms with Crippen LogP contribution in [0.2, 0.25) is 0 Å². The Morgan fingerprint density at radius 1 is 1.10 bits per heavy atom. The van der Waals surface area contributed by atoms with Crippen LogP contribution in [0.15, 0.2) is 54.6 Å². The molecule has 3 aromatic rings. The molecule has 0 aliphatic rings. The summed E-state index contributed by atoms with van der Waals surface area (Å²) < 4.78 is 0. The second-order valence-electron chi connectivity index (χ2n) is 4.31. The number of aromatic amines is 1. The largest absolute Gasteiger partial charge is 0.341 e. The molecule has 0 atom stereocenters. The third-order valence-corrected chi connectivity index (χ3v) is 3.63. The summed E-state index contributed by atoms with van der Waals surface area (Å²) in [6, 6.07) is 17.7. The maximum Gasteiger partial charge on any atom is 0.158 e. The molecular formula is C15H14N4S. The number of H-pyrrole nitrogens is 1. The lowest BCUT2D eigenvalue weighted by Gasteiger charge is -2.05. The number of nitrogens with one attached hydrogen (secondary N) is 3. The van der Waals surface area contributed by atoms with Crippen LogP contribution >= 0.6 is 11.8 Å². The van der Waals surface area contributed by atoms with E-state index in [2.05, 4.69) is 15.3 Å². The molecule has 0 aliphatic carbocycles. The van der Waals surface area contributed by atoms with Gasteiger partial charge in [0.15, 0.2) is 5.17 Å². The number of hydrogen-bond acceptors (Lipinski definition) is 3. The van der Waals surface area contributed by atoms with E-state index in [4.69, 9.17) is 5.41 Å². The molecule has 3 N–H and O–H groups in total. The van der Waals surface area contributed by atoms with Crippen molar-refractivity contribution in [1.29, 1.82) is 5.41 Å². The first-order valence-electron chi connectivity index (χ1n) is 6.28. The molecule has 4 nitrogen and oxygen atoms in total. The summed E-state index contributed by atoms with van der Waals surface area (Å²) in [6.07, 6.45) is 0. The third kappa shape index (κ3) is 3.00. The molecule has 0 saturated heterocycles. The van der Waals surface area contributed by atoms with Gasteiger partial charge in [-0.25, -0.2) is 4.98 Å². The van der Waals surface area contributed by atoms with Gasteiger partial charge < -0.3 is 10.3 Å². The first-order chi connectivity index (χ1) is 9.81. The van der Waals surface area contributed by atoms with Gasteiger partial charge in [-0.1, -0.05) is 42.1 Å². The van der Waals surface area contributed by atoms with Gasteiger partial charge in [-0.05, 0) is 24.3 Å². The molecule has 2 aromatic carbocycles. The van der Waals surface area contributed by atoms with E-state index in [0.29, 0.717) is 10.9 Å². The average molecular weight is 282 g/mol. The lowest BCUT2D eigenvalue weighted by atomic mass is 10.3. The van der Waals surface area contributed by atoms with Crippen molar-refractivity contribution in [2.75, 3.05) is 5.32 Å². The van der Waals surface area contributed by atoms with Crippen LogP contribution in [-0.4, -0.2) is 15.1 Å². The minimum Gasteiger partial charge on any atom is -0.341 e. The fraction of sp³-hybridized carbons (Fsp3) is 0.0667. The van der Waals surface area contributed by atoms with E-state index in [1.165, 1.54) is 11.8 Å². The molecule has 0 aliphatic heterocycles. The Balaban J connectivity index is 1.60. The fourth-order valence-electron chi connectivity index (χ4n) is 1.90. The highest BCUT2D eigenvalue weighted by Crippen LogP contribution is 2.17. The lowest BCUT2D eigenvalue weighted by molar-refractivity contribution is 1.14. The number of benzene rings is 2. The number of imidazole rings is 1. The predicted octanol–water partition coefficient (Wildman–Crippen LogP) is 3.84. The molecule has 0 spiro atoms. The van der Waals surface area contributed by atoms with Gasteiger partial charge >= 0.3 is 0 Å². The van der Waals surface area contributed by atoms with Crippen LogP contribution < -0.4 is 5.32 Å². The molecule has 0 fully saturated rings. The number of para-hydroxylation sites is 3. The number of aromatic nitrogens is 2. The molecule has 3 rings (SSSR count). The van der Waals surface area contributed by atoms with Crippen molar-refractivity contribution >= 4 is 33.7 Å². The van der Waals surface area contributed by atoms with Gasteiger partial charge in [0.25, 0.3) is 0 Å². The molecule has 20 heavy (non-hydrogen) atoms. The third-order valence-electron chi connectivity index (χ3n) is 2.82. The Bertz CT molecular complexity index is 688. The van der Waals surface area contributed by atoms with Crippen LogP contribution in [0.3, 0.4) is 0 Å². The van der Waals surface area contributed by atoms with Gasteiger partial charge in [0.2, 0.25) is 0 Å². The van der Waals surface area contributed by atoms with Crippen molar-refractivity contribution in [2.45, 2.75) is 5.75 Å². The Morgan fingerprint density at radius 2 is 1.85 bits per heavy atom. The number of anilines is 1. The molecular weight excluding hydrogens is 268 g/mol. The van der Waals surface area contributed by atoms with E-state index in [9.17, 15) is 0 Å². The van der Waals surface area contributed by atoms with Gasteiger partial charge in [0.05, 0.1) is 16.8 Å². The van der Waals surface area contributed by atoms with Crippen molar-refractivity contribution in [3.63, 3.8) is 0 Å². The maximum atomic E-state index is 7.92. The van der Waals surface area contributed by atoms with E-state index in [1.807, 2.05) is 54.6 Å². The highest BCUT2D eigenvalue weighted by molar-refractivity contribution is 8.13. The molecule has 0 bridgehead atoms. The molecule has 0 amide bonds. The zero-order valence-electron chi connectivity index (χ0n) is 10.8. The zero-order chi connectivity index (χ0) is 13.8. The van der Waals surface area contributed by atoms with E-state index in [0.717, 1.165) is 22.5 Å². The first-order valence-corrected chi connectivity index (χ1v) is 7.27. The Hall–Kier alpha value is -2.27. The lowest BCUT2D eigenvalue weighted by Crippen LogP contribution is -2.06. The van der Waals surface area contributed by atoms with Gasteiger partial charge in [0.1, 0.15) is 5.82 Å².